The van der Waals surface area contributed by atoms with E-state index in [0.29, 0.717) is 30.4 Å². The second kappa shape index (κ2) is 9.79. The molecule has 1 fully saturated rings. The number of hydrogen-bond acceptors (Lipinski definition) is 11. The van der Waals surface area contributed by atoms with Crippen LogP contribution in [-0.2, 0) is 4.74 Å². The fraction of sp³-hybridized carbons (Fsp3) is 0.600. The van der Waals surface area contributed by atoms with Crippen molar-refractivity contribution in [2.75, 3.05) is 24.3 Å². The molecule has 10 nitrogen and oxygen atoms in total. The van der Waals surface area contributed by atoms with Crippen molar-refractivity contribution in [1.29, 1.82) is 0 Å². The molecular formula is C25H36N6O4S. The molecule has 3 heterocycles. The Kier molecular flexibility index (Phi) is 7.24. The lowest BCUT2D eigenvalue weighted by molar-refractivity contribution is -0.0601. The minimum Gasteiger partial charge on any atom is -0.390 e. The summed E-state index contributed by atoms with van der Waals surface area (Å²) >= 11 is 1.52. The minimum absolute atomic E-state index is 0.372. The van der Waals surface area contributed by atoms with Crippen LogP contribution in [0.15, 0.2) is 12.3 Å². The van der Waals surface area contributed by atoms with Crippen molar-refractivity contribution >= 4 is 33.3 Å². The van der Waals surface area contributed by atoms with Gasteiger partial charge in [0.15, 0.2) is 0 Å². The topological polar surface area (TPSA) is 146 Å². The summed E-state index contributed by atoms with van der Waals surface area (Å²) in [6.45, 7) is 11.5. The molecule has 0 bridgehead atoms. The normalized spacial score (nSPS) is 22.8. The summed E-state index contributed by atoms with van der Waals surface area (Å²) in [5, 5.41) is 39.3. The highest BCUT2D eigenvalue weighted by Crippen LogP contribution is 2.40. The van der Waals surface area contributed by atoms with Gasteiger partial charge in [-0.25, -0.2) is 9.97 Å². The lowest BCUT2D eigenvalue weighted by Gasteiger charge is -2.28. The van der Waals surface area contributed by atoms with Crippen molar-refractivity contribution in [3.63, 3.8) is 0 Å². The largest absolute Gasteiger partial charge is 0.390 e. The molecule has 0 saturated heterocycles. The van der Waals surface area contributed by atoms with Gasteiger partial charge in [-0.05, 0) is 54.0 Å². The predicted octanol–water partition coefficient (Wildman–Crippen LogP) is 2.90. The second-order valence-electron chi connectivity index (χ2n) is 10.7. The van der Waals surface area contributed by atoms with E-state index in [4.69, 9.17) is 14.7 Å². The second-order valence-corrected chi connectivity index (χ2v) is 11.7. The number of fused-ring (bicyclic) bond motifs is 1. The fourth-order valence-electron chi connectivity index (χ4n) is 4.52. The van der Waals surface area contributed by atoms with Gasteiger partial charge in [-0.15, -0.1) is 11.3 Å². The summed E-state index contributed by atoms with van der Waals surface area (Å²) in [4.78, 5) is 18.6. The van der Waals surface area contributed by atoms with Crippen LogP contribution in [-0.4, -0.2) is 78.4 Å². The van der Waals surface area contributed by atoms with Gasteiger partial charge in [0.05, 0.1) is 45.0 Å². The van der Waals surface area contributed by atoms with Crippen LogP contribution in [0.1, 0.15) is 45.5 Å². The Balaban J connectivity index is 1.76. The molecule has 1 aliphatic carbocycles. The maximum absolute atomic E-state index is 10.8. The monoisotopic (exact) mass is 516 g/mol. The number of methoxy groups -OCH3 is 1. The smallest absolute Gasteiger partial charge is 0.225 e. The number of nitrogens with one attached hydrogen (secondary N) is 2. The standard InChI is InChI=1S/C25H36N6O4S/c1-12-17(22-30-18-13(2)26-9-8-16(18)36-22)21(31-23(28-12)27-11-24(3,4)35-7)29-15-10-14(25(5,6)34)19(32)20(15)33/h8-9,14-15,19-20,32-34H,10-11H2,1-7H3,(H2,27,28,29,31)/t14-,15?,19+,20-/m0/s1. The van der Waals surface area contributed by atoms with E-state index in [0.717, 1.165) is 26.5 Å². The molecule has 1 saturated carbocycles. The third kappa shape index (κ3) is 5.30. The van der Waals surface area contributed by atoms with Gasteiger partial charge in [-0.1, -0.05) is 0 Å². The maximum atomic E-state index is 10.8. The zero-order chi connectivity index (χ0) is 26.4. The van der Waals surface area contributed by atoms with E-state index in [-0.39, 0.29) is 0 Å². The Morgan fingerprint density at radius 1 is 1.08 bits per heavy atom. The number of aryl methyl sites for hydroxylation is 2. The minimum atomic E-state index is -1.14. The molecule has 0 aromatic carbocycles. The van der Waals surface area contributed by atoms with E-state index in [1.165, 1.54) is 11.3 Å². The Bertz CT molecular complexity index is 1240. The third-order valence-corrected chi connectivity index (χ3v) is 7.97. The van der Waals surface area contributed by atoms with E-state index in [1.54, 1.807) is 27.2 Å². The number of ether oxygens (including phenoxy) is 1. The number of aliphatic hydroxyl groups excluding tert-OH is 2. The van der Waals surface area contributed by atoms with Crippen molar-refractivity contribution in [3.8, 4) is 10.6 Å². The molecule has 0 aliphatic heterocycles. The molecule has 1 unspecified atom stereocenters. The van der Waals surface area contributed by atoms with Crippen molar-refractivity contribution in [2.45, 2.75) is 77.4 Å². The van der Waals surface area contributed by atoms with Gasteiger partial charge >= 0.3 is 0 Å². The molecule has 1 aliphatic rings. The van der Waals surface area contributed by atoms with Crippen molar-refractivity contribution in [2.24, 2.45) is 5.92 Å². The van der Waals surface area contributed by atoms with E-state index < -0.39 is 35.4 Å². The highest BCUT2D eigenvalue weighted by Gasteiger charge is 2.48. The van der Waals surface area contributed by atoms with Gasteiger partial charge in [0.2, 0.25) is 5.95 Å². The molecule has 3 aromatic heterocycles. The van der Waals surface area contributed by atoms with Gasteiger partial charge in [-0.2, -0.15) is 4.98 Å². The number of rotatable bonds is 8. The van der Waals surface area contributed by atoms with Crippen LogP contribution in [0.4, 0.5) is 11.8 Å². The van der Waals surface area contributed by atoms with Crippen molar-refractivity contribution in [1.82, 2.24) is 19.9 Å². The van der Waals surface area contributed by atoms with Gasteiger partial charge < -0.3 is 30.7 Å². The summed E-state index contributed by atoms with van der Waals surface area (Å²) in [6.07, 6.45) is -0.00322. The third-order valence-electron chi connectivity index (χ3n) is 6.93. The number of hydrogen-bond donors (Lipinski definition) is 5. The van der Waals surface area contributed by atoms with Crippen LogP contribution in [0, 0.1) is 19.8 Å². The zero-order valence-corrected chi connectivity index (χ0v) is 22.6. The van der Waals surface area contributed by atoms with E-state index in [1.807, 2.05) is 33.8 Å². The van der Waals surface area contributed by atoms with Crippen LogP contribution in [0.2, 0.25) is 0 Å². The Morgan fingerprint density at radius 2 is 1.81 bits per heavy atom. The molecule has 0 radical (unpaired) electrons. The lowest BCUT2D eigenvalue weighted by Crippen LogP contribution is -2.40. The summed E-state index contributed by atoms with van der Waals surface area (Å²) in [5.41, 5.74) is 1.53. The zero-order valence-electron chi connectivity index (χ0n) is 21.8. The molecule has 4 atom stereocenters. The molecule has 196 valence electrons. The van der Waals surface area contributed by atoms with E-state index in [2.05, 4.69) is 20.6 Å². The SMILES string of the molecule is COC(C)(C)CNc1nc(C)c(-c2nc3c(C)nccc3s2)c(NC2C[C@H](C(C)(C)O)[C@@H](O)[C@H]2O)n1. The summed E-state index contributed by atoms with van der Waals surface area (Å²) in [7, 11) is 1.65. The lowest BCUT2D eigenvalue weighted by atomic mass is 9.88. The van der Waals surface area contributed by atoms with Crippen LogP contribution in [0.3, 0.4) is 0 Å². The molecule has 5 N–H and O–H groups in total. The van der Waals surface area contributed by atoms with Crippen LogP contribution in [0.5, 0.6) is 0 Å². The number of aromatic nitrogens is 4. The molecule has 36 heavy (non-hydrogen) atoms. The average molecular weight is 517 g/mol. The first-order valence-corrected chi connectivity index (χ1v) is 12.9. The van der Waals surface area contributed by atoms with Crippen LogP contribution in [0.25, 0.3) is 20.8 Å². The molecule has 3 aromatic rings. The number of anilines is 2. The summed E-state index contributed by atoms with van der Waals surface area (Å²) < 4.78 is 6.51. The van der Waals surface area contributed by atoms with Crippen LogP contribution < -0.4 is 10.6 Å². The molecule has 11 heteroatoms. The number of thiazole rings is 1. The summed E-state index contributed by atoms with van der Waals surface area (Å²) in [6, 6.07) is 1.41. The Morgan fingerprint density at radius 3 is 2.42 bits per heavy atom. The number of pyridine rings is 1. The quantitative estimate of drug-likeness (QED) is 0.303. The molecule has 0 amide bonds. The van der Waals surface area contributed by atoms with E-state index >= 15 is 0 Å². The van der Waals surface area contributed by atoms with E-state index in [9.17, 15) is 15.3 Å². The first-order valence-electron chi connectivity index (χ1n) is 12.1. The first kappa shape index (κ1) is 26.6. The van der Waals surface area contributed by atoms with Crippen molar-refractivity contribution < 1.29 is 20.1 Å². The number of aliphatic hydroxyl groups is 3. The highest BCUT2D eigenvalue weighted by molar-refractivity contribution is 7.21. The average Bonchev–Trinajstić information content (AvgIpc) is 3.35. The first-order chi connectivity index (χ1) is 16.8. The predicted molar refractivity (Wildman–Crippen MR) is 141 cm³/mol. The number of nitrogens with zero attached hydrogens (tertiary/aromatic N) is 4. The Hall–Kier alpha value is -2.44. The molecule has 4 rings (SSSR count). The Labute approximate surface area is 215 Å². The summed E-state index contributed by atoms with van der Waals surface area (Å²) in [5.74, 6) is 0.417. The fourth-order valence-corrected chi connectivity index (χ4v) is 5.63. The molecule has 0 spiro atoms. The van der Waals surface area contributed by atoms with Gasteiger partial charge in [0, 0.05) is 25.8 Å². The van der Waals surface area contributed by atoms with Gasteiger partial charge in [0.25, 0.3) is 0 Å². The van der Waals surface area contributed by atoms with Crippen molar-refractivity contribution in [3.05, 3.63) is 23.7 Å². The van der Waals surface area contributed by atoms with Gasteiger partial charge in [-0.3, -0.25) is 4.98 Å². The highest BCUT2D eigenvalue weighted by atomic mass is 32.1. The maximum Gasteiger partial charge on any atom is 0.225 e. The molecular weight excluding hydrogens is 480 g/mol. The van der Waals surface area contributed by atoms with Crippen LogP contribution >= 0.6 is 11.3 Å². The van der Waals surface area contributed by atoms with Gasteiger partial charge in [0.1, 0.15) is 22.4 Å².